The fraction of sp³-hybridized carbons (Fsp3) is 0.286. The summed E-state index contributed by atoms with van der Waals surface area (Å²) in [5.41, 5.74) is 7.42. The van der Waals surface area contributed by atoms with Crippen LogP contribution in [0.4, 0.5) is 17.1 Å². The van der Waals surface area contributed by atoms with Crippen LogP contribution in [0.3, 0.4) is 0 Å². The lowest BCUT2D eigenvalue weighted by Gasteiger charge is -2.25. The van der Waals surface area contributed by atoms with Crippen LogP contribution in [0.2, 0.25) is 0 Å². The molecule has 0 amide bonds. The monoisotopic (exact) mass is 289 g/mol. The minimum absolute atomic E-state index is 0.0399. The van der Waals surface area contributed by atoms with Gasteiger partial charge in [-0.2, -0.15) is 0 Å². The number of hydrogen-bond acceptors (Lipinski definition) is 5. The Bertz CT molecular complexity index is 623. The average Bonchev–Trinajstić information content (AvgIpc) is 3.14. The van der Waals surface area contributed by atoms with Crippen LogP contribution in [0.5, 0.6) is 0 Å². The first kappa shape index (κ1) is 12.9. The van der Waals surface area contributed by atoms with Gasteiger partial charge in [-0.25, -0.2) is 0 Å². The first-order valence-corrected chi connectivity index (χ1v) is 7.36. The minimum Gasteiger partial charge on any atom is -0.397 e. The zero-order valence-electron chi connectivity index (χ0n) is 10.9. The topological polar surface area (TPSA) is 72.4 Å². The second kappa shape index (κ2) is 5.13. The van der Waals surface area contributed by atoms with Gasteiger partial charge < -0.3 is 10.6 Å². The van der Waals surface area contributed by atoms with Crippen LogP contribution in [-0.2, 0) is 6.54 Å². The standard InChI is InChI=1S/C14H15N3O2S/c15-13-8-11(17(18)19)5-6-14(13)16(10-3-4-10)9-12-2-1-7-20-12/h1-2,5-8,10H,3-4,9,15H2. The highest BCUT2D eigenvalue weighted by molar-refractivity contribution is 7.09. The Balaban J connectivity index is 1.89. The third-order valence-electron chi connectivity index (χ3n) is 3.43. The van der Waals surface area contributed by atoms with Gasteiger partial charge in [0.1, 0.15) is 0 Å². The zero-order valence-corrected chi connectivity index (χ0v) is 11.7. The molecule has 6 heteroatoms. The maximum Gasteiger partial charge on any atom is 0.271 e. The number of nitrogen functional groups attached to an aromatic ring is 1. The van der Waals surface area contributed by atoms with Gasteiger partial charge in [0.25, 0.3) is 5.69 Å². The van der Waals surface area contributed by atoms with Gasteiger partial charge in [0.2, 0.25) is 0 Å². The van der Waals surface area contributed by atoms with E-state index in [4.69, 9.17) is 5.73 Å². The largest absolute Gasteiger partial charge is 0.397 e. The van der Waals surface area contributed by atoms with E-state index >= 15 is 0 Å². The Morgan fingerprint density at radius 3 is 2.75 bits per heavy atom. The van der Waals surface area contributed by atoms with Crippen molar-refractivity contribution in [3.63, 3.8) is 0 Å². The quantitative estimate of drug-likeness (QED) is 0.520. The molecular formula is C14H15N3O2S. The third-order valence-corrected chi connectivity index (χ3v) is 4.29. The number of nitro groups is 1. The van der Waals surface area contributed by atoms with E-state index in [1.807, 2.05) is 6.07 Å². The van der Waals surface area contributed by atoms with Gasteiger partial charge in [-0.1, -0.05) is 6.07 Å². The Kier molecular flexibility index (Phi) is 3.31. The number of nitrogens with zero attached hydrogens (tertiary/aromatic N) is 2. The van der Waals surface area contributed by atoms with Crippen LogP contribution in [0.15, 0.2) is 35.7 Å². The van der Waals surface area contributed by atoms with Crippen molar-refractivity contribution < 1.29 is 4.92 Å². The molecule has 1 saturated carbocycles. The summed E-state index contributed by atoms with van der Waals surface area (Å²) in [6.45, 7) is 0.810. The molecule has 2 aromatic rings. The van der Waals surface area contributed by atoms with Crippen LogP contribution < -0.4 is 10.6 Å². The van der Waals surface area contributed by atoms with Gasteiger partial charge in [0.15, 0.2) is 0 Å². The van der Waals surface area contributed by atoms with Crippen molar-refractivity contribution in [3.05, 3.63) is 50.7 Å². The fourth-order valence-electron chi connectivity index (χ4n) is 2.28. The minimum atomic E-state index is -0.416. The molecule has 0 radical (unpaired) electrons. The van der Waals surface area contributed by atoms with Crippen molar-refractivity contribution in [2.75, 3.05) is 10.6 Å². The van der Waals surface area contributed by atoms with Crippen molar-refractivity contribution in [2.24, 2.45) is 0 Å². The Labute approximate surface area is 120 Å². The Morgan fingerprint density at radius 2 is 2.20 bits per heavy atom. The summed E-state index contributed by atoms with van der Waals surface area (Å²) in [4.78, 5) is 13.9. The molecule has 1 aromatic carbocycles. The lowest BCUT2D eigenvalue weighted by Crippen LogP contribution is -2.25. The van der Waals surface area contributed by atoms with E-state index < -0.39 is 4.92 Å². The molecule has 0 aliphatic heterocycles. The lowest BCUT2D eigenvalue weighted by atomic mass is 10.2. The number of thiophene rings is 1. The van der Waals surface area contributed by atoms with Gasteiger partial charge >= 0.3 is 0 Å². The summed E-state index contributed by atoms with van der Waals surface area (Å²) in [6, 6.07) is 9.36. The zero-order chi connectivity index (χ0) is 14.1. The molecule has 1 heterocycles. The molecule has 3 rings (SSSR count). The first-order chi connectivity index (χ1) is 9.65. The van der Waals surface area contributed by atoms with Crippen molar-refractivity contribution in [1.82, 2.24) is 0 Å². The highest BCUT2D eigenvalue weighted by Crippen LogP contribution is 2.37. The van der Waals surface area contributed by atoms with Gasteiger partial charge in [0, 0.05) is 23.1 Å². The third kappa shape index (κ3) is 2.60. The molecule has 5 nitrogen and oxygen atoms in total. The summed E-state index contributed by atoms with van der Waals surface area (Å²) in [6.07, 6.45) is 2.31. The SMILES string of the molecule is Nc1cc([N+](=O)[O-])ccc1N(Cc1cccs1)C1CC1. The van der Waals surface area contributed by atoms with E-state index in [2.05, 4.69) is 16.3 Å². The predicted molar refractivity (Wildman–Crippen MR) is 81.0 cm³/mol. The van der Waals surface area contributed by atoms with Crippen LogP contribution in [0.25, 0.3) is 0 Å². The number of non-ortho nitro benzene ring substituents is 1. The fourth-order valence-corrected chi connectivity index (χ4v) is 2.99. The molecule has 2 N–H and O–H groups in total. The summed E-state index contributed by atoms with van der Waals surface area (Å²) in [7, 11) is 0. The maximum absolute atomic E-state index is 10.8. The molecule has 0 atom stereocenters. The Morgan fingerprint density at radius 1 is 1.40 bits per heavy atom. The highest BCUT2D eigenvalue weighted by atomic mass is 32.1. The highest BCUT2D eigenvalue weighted by Gasteiger charge is 2.30. The lowest BCUT2D eigenvalue weighted by molar-refractivity contribution is -0.384. The van der Waals surface area contributed by atoms with Crippen LogP contribution in [0.1, 0.15) is 17.7 Å². The van der Waals surface area contributed by atoms with E-state index in [-0.39, 0.29) is 5.69 Å². The Hall–Kier alpha value is -2.08. The number of rotatable bonds is 5. The number of nitrogens with two attached hydrogens (primary N) is 1. The summed E-state index contributed by atoms with van der Waals surface area (Å²) < 4.78 is 0. The number of benzene rings is 1. The molecule has 1 aliphatic rings. The molecule has 20 heavy (non-hydrogen) atoms. The van der Waals surface area contributed by atoms with Gasteiger partial charge in [0.05, 0.1) is 22.8 Å². The van der Waals surface area contributed by atoms with E-state index in [9.17, 15) is 10.1 Å². The van der Waals surface area contributed by atoms with E-state index in [1.54, 1.807) is 17.4 Å². The molecule has 1 fully saturated rings. The average molecular weight is 289 g/mol. The van der Waals surface area contributed by atoms with Crippen LogP contribution in [-0.4, -0.2) is 11.0 Å². The smallest absolute Gasteiger partial charge is 0.271 e. The molecule has 0 spiro atoms. The van der Waals surface area contributed by atoms with Crippen molar-refractivity contribution in [2.45, 2.75) is 25.4 Å². The van der Waals surface area contributed by atoms with Gasteiger partial charge in [-0.3, -0.25) is 10.1 Å². The molecule has 104 valence electrons. The number of hydrogen-bond donors (Lipinski definition) is 1. The van der Waals surface area contributed by atoms with Crippen molar-refractivity contribution >= 4 is 28.4 Å². The van der Waals surface area contributed by atoms with Crippen LogP contribution >= 0.6 is 11.3 Å². The van der Waals surface area contributed by atoms with Gasteiger partial charge in [-0.05, 0) is 30.4 Å². The molecule has 0 saturated heterocycles. The van der Waals surface area contributed by atoms with Crippen LogP contribution in [0, 0.1) is 10.1 Å². The summed E-state index contributed by atoms with van der Waals surface area (Å²) >= 11 is 1.71. The van der Waals surface area contributed by atoms with E-state index in [1.165, 1.54) is 17.0 Å². The summed E-state index contributed by atoms with van der Waals surface area (Å²) in [5, 5.41) is 12.8. The molecule has 0 bridgehead atoms. The molecule has 1 aliphatic carbocycles. The second-order valence-corrected chi connectivity index (χ2v) is 5.97. The molecule has 1 aromatic heterocycles. The first-order valence-electron chi connectivity index (χ1n) is 6.48. The van der Waals surface area contributed by atoms with Crippen molar-refractivity contribution in [1.29, 1.82) is 0 Å². The van der Waals surface area contributed by atoms with Crippen molar-refractivity contribution in [3.8, 4) is 0 Å². The van der Waals surface area contributed by atoms with E-state index in [0.29, 0.717) is 11.7 Å². The summed E-state index contributed by atoms with van der Waals surface area (Å²) in [5.74, 6) is 0. The molecular weight excluding hydrogens is 274 g/mol. The number of nitro benzene ring substituents is 1. The normalized spacial score (nSPS) is 14.2. The maximum atomic E-state index is 10.8. The van der Waals surface area contributed by atoms with E-state index in [0.717, 1.165) is 25.1 Å². The molecule has 0 unspecified atom stereocenters. The second-order valence-electron chi connectivity index (χ2n) is 4.94. The predicted octanol–water partition coefficient (Wildman–Crippen LogP) is 3.41. The van der Waals surface area contributed by atoms with Gasteiger partial charge in [-0.15, -0.1) is 11.3 Å². The number of anilines is 2.